The highest BCUT2D eigenvalue weighted by molar-refractivity contribution is 6.36. The summed E-state index contributed by atoms with van der Waals surface area (Å²) < 4.78 is 0. The van der Waals surface area contributed by atoms with Crippen molar-refractivity contribution in [3.05, 3.63) is 33.8 Å². The van der Waals surface area contributed by atoms with E-state index in [0.717, 1.165) is 33.9 Å². The highest BCUT2D eigenvalue weighted by Crippen LogP contribution is 2.35. The Morgan fingerprint density at radius 2 is 1.95 bits per heavy atom. The van der Waals surface area contributed by atoms with E-state index in [1.165, 1.54) is 32.1 Å². The fourth-order valence-corrected chi connectivity index (χ4v) is 4.07. The molecule has 1 saturated carbocycles. The third-order valence-electron chi connectivity index (χ3n) is 4.83. The molecule has 1 N–H and O–H groups in total. The minimum absolute atomic E-state index is 0.474. The maximum Gasteiger partial charge on any atom is 0.0453 e. The van der Waals surface area contributed by atoms with Gasteiger partial charge in [0.25, 0.3) is 0 Å². The molecule has 20 heavy (non-hydrogen) atoms. The van der Waals surface area contributed by atoms with E-state index in [9.17, 15) is 0 Å². The maximum absolute atomic E-state index is 6.31. The van der Waals surface area contributed by atoms with Crippen LogP contribution in [0.15, 0.2) is 18.2 Å². The summed E-state index contributed by atoms with van der Waals surface area (Å²) in [4.78, 5) is 0. The minimum Gasteiger partial charge on any atom is -0.316 e. The van der Waals surface area contributed by atoms with Crippen molar-refractivity contribution in [2.75, 3.05) is 7.05 Å². The maximum atomic E-state index is 6.31. The summed E-state index contributed by atoms with van der Waals surface area (Å²) in [5.41, 5.74) is 1.09. The van der Waals surface area contributed by atoms with Gasteiger partial charge in [0.15, 0.2) is 0 Å². The molecule has 0 amide bonds. The Morgan fingerprint density at radius 1 is 1.25 bits per heavy atom. The first-order chi connectivity index (χ1) is 9.65. The molecular weight excluding hydrogens is 289 g/mol. The Morgan fingerprint density at radius 3 is 2.55 bits per heavy atom. The molecule has 0 aliphatic heterocycles. The van der Waals surface area contributed by atoms with Gasteiger partial charge in [-0.1, -0.05) is 55.5 Å². The van der Waals surface area contributed by atoms with Crippen molar-refractivity contribution in [1.82, 2.24) is 5.32 Å². The van der Waals surface area contributed by atoms with Crippen LogP contribution in [0, 0.1) is 11.8 Å². The Balaban J connectivity index is 2.08. The van der Waals surface area contributed by atoms with E-state index in [0.29, 0.717) is 6.04 Å². The van der Waals surface area contributed by atoms with Crippen LogP contribution < -0.4 is 5.32 Å². The van der Waals surface area contributed by atoms with E-state index in [-0.39, 0.29) is 0 Å². The highest BCUT2D eigenvalue weighted by Gasteiger charge is 2.27. The quantitative estimate of drug-likeness (QED) is 0.773. The first-order valence-electron chi connectivity index (χ1n) is 7.75. The van der Waals surface area contributed by atoms with Crippen LogP contribution >= 0.6 is 23.2 Å². The van der Waals surface area contributed by atoms with E-state index >= 15 is 0 Å². The minimum atomic E-state index is 0.474. The highest BCUT2D eigenvalue weighted by atomic mass is 35.5. The number of rotatable bonds is 5. The van der Waals surface area contributed by atoms with Crippen LogP contribution in [0.25, 0.3) is 0 Å². The van der Waals surface area contributed by atoms with Crippen molar-refractivity contribution in [1.29, 1.82) is 0 Å². The number of hydrogen-bond acceptors (Lipinski definition) is 1. The average Bonchev–Trinajstić information content (AvgIpc) is 2.47. The lowest BCUT2D eigenvalue weighted by molar-refractivity contribution is 0.212. The Bertz CT molecular complexity index is 413. The standard InChI is InChI=1S/C17H25Cl2N/c1-3-12-6-4-7-13(10-12)17(20-2)11-14-15(18)8-5-9-16(14)19/h5,8-9,12-13,17,20H,3-4,6-7,10-11H2,1-2H3. The lowest BCUT2D eigenvalue weighted by Crippen LogP contribution is -2.38. The smallest absolute Gasteiger partial charge is 0.0453 e. The summed E-state index contributed by atoms with van der Waals surface area (Å²) in [6.45, 7) is 2.31. The van der Waals surface area contributed by atoms with E-state index < -0.39 is 0 Å². The van der Waals surface area contributed by atoms with Crippen LogP contribution in [-0.2, 0) is 6.42 Å². The van der Waals surface area contributed by atoms with Crippen molar-refractivity contribution in [2.45, 2.75) is 51.5 Å². The van der Waals surface area contributed by atoms with Gasteiger partial charge in [-0.25, -0.2) is 0 Å². The molecule has 1 fully saturated rings. The summed E-state index contributed by atoms with van der Waals surface area (Å²) in [6.07, 6.45) is 7.65. The molecule has 0 heterocycles. The zero-order valence-corrected chi connectivity index (χ0v) is 14.0. The summed E-state index contributed by atoms with van der Waals surface area (Å²) in [6, 6.07) is 6.26. The van der Waals surface area contributed by atoms with Crippen molar-refractivity contribution in [3.8, 4) is 0 Å². The topological polar surface area (TPSA) is 12.0 Å². The number of hydrogen-bond donors (Lipinski definition) is 1. The molecular formula is C17H25Cl2N. The zero-order valence-electron chi connectivity index (χ0n) is 12.5. The van der Waals surface area contributed by atoms with E-state index in [1.54, 1.807) is 0 Å². The molecule has 1 aliphatic carbocycles. The van der Waals surface area contributed by atoms with Gasteiger partial charge >= 0.3 is 0 Å². The monoisotopic (exact) mass is 313 g/mol. The summed E-state index contributed by atoms with van der Waals surface area (Å²) in [7, 11) is 2.06. The van der Waals surface area contributed by atoms with Gasteiger partial charge in [-0.15, -0.1) is 0 Å². The lowest BCUT2D eigenvalue weighted by atomic mass is 9.75. The van der Waals surface area contributed by atoms with Crippen molar-refractivity contribution in [3.63, 3.8) is 0 Å². The van der Waals surface area contributed by atoms with Gasteiger partial charge in [0.1, 0.15) is 0 Å². The predicted octanol–water partition coefficient (Wildman–Crippen LogP) is 5.34. The molecule has 3 unspecified atom stereocenters. The van der Waals surface area contributed by atoms with Gasteiger partial charge in [-0.05, 0) is 55.8 Å². The molecule has 3 atom stereocenters. The third kappa shape index (κ3) is 3.90. The van der Waals surface area contributed by atoms with Crippen LogP contribution in [-0.4, -0.2) is 13.1 Å². The Kier molecular flexibility index (Phi) is 6.20. The largest absolute Gasteiger partial charge is 0.316 e. The predicted molar refractivity (Wildman–Crippen MR) is 88.8 cm³/mol. The van der Waals surface area contributed by atoms with Gasteiger partial charge in [-0.3, -0.25) is 0 Å². The number of nitrogens with one attached hydrogen (secondary N) is 1. The normalized spacial score (nSPS) is 24.6. The van der Waals surface area contributed by atoms with Crippen LogP contribution in [0.3, 0.4) is 0 Å². The summed E-state index contributed by atoms with van der Waals surface area (Å²) in [5, 5.41) is 5.09. The molecule has 0 spiro atoms. The molecule has 1 aromatic rings. The Labute approximate surface area is 133 Å². The van der Waals surface area contributed by atoms with Crippen molar-refractivity contribution >= 4 is 23.2 Å². The van der Waals surface area contributed by atoms with Crippen LogP contribution in [0.5, 0.6) is 0 Å². The average molecular weight is 314 g/mol. The number of halogens is 2. The van der Waals surface area contributed by atoms with Crippen LogP contribution in [0.1, 0.15) is 44.6 Å². The number of benzene rings is 1. The van der Waals surface area contributed by atoms with Gasteiger partial charge in [0.05, 0.1) is 0 Å². The van der Waals surface area contributed by atoms with E-state index in [1.807, 2.05) is 18.2 Å². The van der Waals surface area contributed by atoms with Crippen LogP contribution in [0.2, 0.25) is 10.0 Å². The number of likely N-dealkylation sites (N-methyl/N-ethyl adjacent to an activating group) is 1. The molecule has 2 rings (SSSR count). The summed E-state index contributed by atoms with van der Waals surface area (Å²) in [5.74, 6) is 1.64. The van der Waals surface area contributed by atoms with E-state index in [2.05, 4.69) is 19.3 Å². The zero-order chi connectivity index (χ0) is 14.5. The summed E-state index contributed by atoms with van der Waals surface area (Å²) >= 11 is 12.6. The molecule has 112 valence electrons. The second-order valence-electron chi connectivity index (χ2n) is 6.00. The SMILES string of the molecule is CCC1CCCC(C(Cc2c(Cl)cccc2Cl)NC)C1. The van der Waals surface area contributed by atoms with Gasteiger partial charge in [-0.2, -0.15) is 0 Å². The second kappa shape index (κ2) is 7.68. The van der Waals surface area contributed by atoms with Gasteiger partial charge < -0.3 is 5.32 Å². The van der Waals surface area contributed by atoms with Crippen molar-refractivity contribution < 1.29 is 0 Å². The molecule has 3 heteroatoms. The van der Waals surface area contributed by atoms with E-state index in [4.69, 9.17) is 23.2 Å². The van der Waals surface area contributed by atoms with Crippen molar-refractivity contribution in [2.24, 2.45) is 11.8 Å². The third-order valence-corrected chi connectivity index (χ3v) is 5.53. The molecule has 1 aromatic carbocycles. The van der Waals surface area contributed by atoms with Gasteiger partial charge in [0, 0.05) is 16.1 Å². The lowest BCUT2D eigenvalue weighted by Gasteiger charge is -2.34. The Hall–Kier alpha value is -0.240. The molecule has 1 nitrogen and oxygen atoms in total. The first kappa shape index (κ1) is 16.1. The molecule has 0 bridgehead atoms. The van der Waals surface area contributed by atoms with Crippen LogP contribution in [0.4, 0.5) is 0 Å². The second-order valence-corrected chi connectivity index (χ2v) is 6.81. The first-order valence-corrected chi connectivity index (χ1v) is 8.51. The molecule has 0 aromatic heterocycles. The molecule has 0 saturated heterocycles. The fourth-order valence-electron chi connectivity index (χ4n) is 3.52. The molecule has 1 aliphatic rings. The fraction of sp³-hybridized carbons (Fsp3) is 0.647. The van der Waals surface area contributed by atoms with Gasteiger partial charge in [0.2, 0.25) is 0 Å². The molecule has 0 radical (unpaired) electrons.